The van der Waals surface area contributed by atoms with Crippen molar-refractivity contribution in [3.63, 3.8) is 0 Å². The van der Waals surface area contributed by atoms with Crippen molar-refractivity contribution in [2.75, 3.05) is 26.8 Å². The van der Waals surface area contributed by atoms with E-state index in [9.17, 15) is 12.8 Å². The van der Waals surface area contributed by atoms with Crippen LogP contribution in [-0.4, -0.2) is 39.5 Å². The molecule has 0 bridgehead atoms. The normalized spacial score (nSPS) is 18.6. The molecule has 19 heavy (non-hydrogen) atoms. The van der Waals surface area contributed by atoms with Gasteiger partial charge in [0.15, 0.2) is 0 Å². The summed E-state index contributed by atoms with van der Waals surface area (Å²) in [6.07, 6.45) is 1.60. The number of hydrogen-bond donors (Lipinski definition) is 0. The van der Waals surface area contributed by atoms with Gasteiger partial charge in [-0.15, -0.1) is 0 Å². The molecule has 0 amide bonds. The van der Waals surface area contributed by atoms with Gasteiger partial charge in [0.2, 0.25) is 10.0 Å². The molecule has 106 valence electrons. The van der Waals surface area contributed by atoms with E-state index in [0.29, 0.717) is 25.6 Å². The number of hydrogen-bond acceptors (Lipinski definition) is 3. The van der Waals surface area contributed by atoms with Crippen LogP contribution in [-0.2, 0) is 14.8 Å². The molecule has 0 N–H and O–H groups in total. The number of benzene rings is 1. The number of halogens is 1. The SMILES string of the molecule is COCC1CCN(S(=O)(=O)c2ccc(F)cc2)CC1. The summed E-state index contributed by atoms with van der Waals surface area (Å²) in [7, 11) is -1.84. The third-order valence-corrected chi connectivity index (χ3v) is 5.34. The zero-order valence-corrected chi connectivity index (χ0v) is 11.7. The van der Waals surface area contributed by atoms with Crippen molar-refractivity contribution in [3.8, 4) is 0 Å². The zero-order valence-electron chi connectivity index (χ0n) is 10.9. The van der Waals surface area contributed by atoms with Crippen LogP contribution >= 0.6 is 0 Å². The molecule has 1 heterocycles. The summed E-state index contributed by atoms with van der Waals surface area (Å²) < 4.78 is 44.1. The van der Waals surface area contributed by atoms with Gasteiger partial charge in [-0.2, -0.15) is 4.31 Å². The van der Waals surface area contributed by atoms with E-state index in [-0.39, 0.29) is 4.90 Å². The summed E-state index contributed by atoms with van der Waals surface area (Å²) >= 11 is 0. The Bertz CT molecular complexity index is 507. The number of methoxy groups -OCH3 is 1. The molecular formula is C13H18FNO3S. The number of nitrogens with zero attached hydrogens (tertiary/aromatic N) is 1. The molecule has 0 unspecified atom stereocenters. The highest BCUT2D eigenvalue weighted by Gasteiger charge is 2.29. The lowest BCUT2D eigenvalue weighted by Crippen LogP contribution is -2.39. The van der Waals surface area contributed by atoms with Gasteiger partial charge in [0, 0.05) is 26.8 Å². The molecule has 0 aliphatic carbocycles. The van der Waals surface area contributed by atoms with E-state index in [0.717, 1.165) is 12.8 Å². The Hall–Kier alpha value is -0.980. The van der Waals surface area contributed by atoms with Gasteiger partial charge in [0.1, 0.15) is 5.82 Å². The Kier molecular flexibility index (Phi) is 4.54. The summed E-state index contributed by atoms with van der Waals surface area (Å²) in [6, 6.07) is 4.97. The van der Waals surface area contributed by atoms with Crippen LogP contribution in [0.25, 0.3) is 0 Å². The average molecular weight is 287 g/mol. The van der Waals surface area contributed by atoms with Crippen LogP contribution < -0.4 is 0 Å². The van der Waals surface area contributed by atoms with Crippen molar-refractivity contribution in [2.45, 2.75) is 17.7 Å². The number of ether oxygens (including phenoxy) is 1. The molecule has 1 aliphatic heterocycles. The Labute approximate surface area is 113 Å². The molecule has 1 fully saturated rings. The standard InChI is InChI=1S/C13H18FNO3S/c1-18-10-11-6-8-15(9-7-11)19(16,17)13-4-2-12(14)3-5-13/h2-5,11H,6-10H2,1H3. The van der Waals surface area contributed by atoms with Gasteiger partial charge in [-0.25, -0.2) is 12.8 Å². The minimum atomic E-state index is -3.49. The van der Waals surface area contributed by atoms with Crippen molar-refractivity contribution in [2.24, 2.45) is 5.92 Å². The molecule has 0 aromatic heterocycles. The predicted molar refractivity (Wildman–Crippen MR) is 69.8 cm³/mol. The molecule has 6 heteroatoms. The van der Waals surface area contributed by atoms with Crippen LogP contribution in [0.2, 0.25) is 0 Å². The highest BCUT2D eigenvalue weighted by Crippen LogP contribution is 2.23. The first-order valence-electron chi connectivity index (χ1n) is 6.28. The highest BCUT2D eigenvalue weighted by molar-refractivity contribution is 7.89. The van der Waals surface area contributed by atoms with Crippen LogP contribution in [0.5, 0.6) is 0 Å². The minimum Gasteiger partial charge on any atom is -0.384 e. The second-order valence-electron chi connectivity index (χ2n) is 4.76. The molecule has 0 radical (unpaired) electrons. The van der Waals surface area contributed by atoms with Gasteiger partial charge in [0.25, 0.3) is 0 Å². The molecule has 1 saturated heterocycles. The largest absolute Gasteiger partial charge is 0.384 e. The van der Waals surface area contributed by atoms with E-state index >= 15 is 0 Å². The molecule has 1 aliphatic rings. The maximum absolute atomic E-state index is 12.8. The summed E-state index contributed by atoms with van der Waals surface area (Å²) in [5.41, 5.74) is 0. The minimum absolute atomic E-state index is 0.152. The van der Waals surface area contributed by atoms with Crippen molar-refractivity contribution in [1.82, 2.24) is 4.31 Å². The Morgan fingerprint density at radius 1 is 1.26 bits per heavy atom. The maximum Gasteiger partial charge on any atom is 0.243 e. The van der Waals surface area contributed by atoms with E-state index in [1.807, 2.05) is 0 Å². The molecule has 1 aromatic rings. The van der Waals surface area contributed by atoms with Gasteiger partial charge < -0.3 is 4.74 Å². The topological polar surface area (TPSA) is 46.6 Å². The lowest BCUT2D eigenvalue weighted by molar-refractivity contribution is 0.121. The fourth-order valence-corrected chi connectivity index (χ4v) is 3.78. The molecular weight excluding hydrogens is 269 g/mol. The van der Waals surface area contributed by atoms with Crippen LogP contribution in [0.15, 0.2) is 29.2 Å². The second-order valence-corrected chi connectivity index (χ2v) is 6.69. The van der Waals surface area contributed by atoms with Crippen LogP contribution in [0.4, 0.5) is 4.39 Å². The molecule has 0 atom stereocenters. The third kappa shape index (κ3) is 3.32. The summed E-state index contributed by atoms with van der Waals surface area (Å²) in [6.45, 7) is 1.66. The number of piperidine rings is 1. The maximum atomic E-state index is 12.8. The van der Waals surface area contributed by atoms with E-state index in [4.69, 9.17) is 4.74 Å². The predicted octanol–water partition coefficient (Wildman–Crippen LogP) is 1.87. The Morgan fingerprint density at radius 3 is 2.37 bits per heavy atom. The van der Waals surface area contributed by atoms with Crippen molar-refractivity contribution >= 4 is 10.0 Å². The van der Waals surface area contributed by atoms with Crippen molar-refractivity contribution < 1.29 is 17.5 Å². The average Bonchev–Trinajstić information content (AvgIpc) is 2.40. The van der Waals surface area contributed by atoms with Gasteiger partial charge >= 0.3 is 0 Å². The van der Waals surface area contributed by atoms with E-state index in [1.54, 1.807) is 7.11 Å². The van der Waals surface area contributed by atoms with Crippen molar-refractivity contribution in [3.05, 3.63) is 30.1 Å². The van der Waals surface area contributed by atoms with E-state index in [1.165, 1.54) is 28.6 Å². The zero-order chi connectivity index (χ0) is 13.9. The molecule has 0 saturated carbocycles. The Balaban J connectivity index is 2.07. The number of rotatable bonds is 4. The summed E-state index contributed by atoms with van der Waals surface area (Å²) in [5, 5.41) is 0. The first-order valence-corrected chi connectivity index (χ1v) is 7.72. The lowest BCUT2D eigenvalue weighted by Gasteiger charge is -2.30. The van der Waals surface area contributed by atoms with Gasteiger partial charge in [-0.1, -0.05) is 0 Å². The smallest absolute Gasteiger partial charge is 0.243 e. The summed E-state index contributed by atoms with van der Waals surface area (Å²) in [4.78, 5) is 0.152. The Morgan fingerprint density at radius 2 is 1.84 bits per heavy atom. The number of sulfonamides is 1. The van der Waals surface area contributed by atoms with Crippen LogP contribution in [0.1, 0.15) is 12.8 Å². The first-order chi connectivity index (χ1) is 9.04. The van der Waals surface area contributed by atoms with Crippen LogP contribution in [0, 0.1) is 11.7 Å². The monoisotopic (exact) mass is 287 g/mol. The quantitative estimate of drug-likeness (QED) is 0.849. The molecule has 1 aromatic carbocycles. The van der Waals surface area contributed by atoms with Gasteiger partial charge in [-0.05, 0) is 43.0 Å². The van der Waals surface area contributed by atoms with Crippen LogP contribution in [0.3, 0.4) is 0 Å². The van der Waals surface area contributed by atoms with Gasteiger partial charge in [-0.3, -0.25) is 0 Å². The molecule has 4 nitrogen and oxygen atoms in total. The molecule has 0 spiro atoms. The van der Waals surface area contributed by atoms with Gasteiger partial charge in [0.05, 0.1) is 4.90 Å². The first kappa shape index (κ1) is 14.4. The molecule has 2 rings (SSSR count). The second kappa shape index (κ2) is 5.98. The summed E-state index contributed by atoms with van der Waals surface area (Å²) in [5.74, 6) is -0.0116. The van der Waals surface area contributed by atoms with E-state index < -0.39 is 15.8 Å². The third-order valence-electron chi connectivity index (χ3n) is 3.43. The lowest BCUT2D eigenvalue weighted by atomic mass is 9.99. The van der Waals surface area contributed by atoms with E-state index in [2.05, 4.69) is 0 Å². The van der Waals surface area contributed by atoms with Crippen molar-refractivity contribution in [1.29, 1.82) is 0 Å². The fourth-order valence-electron chi connectivity index (χ4n) is 2.31. The highest BCUT2D eigenvalue weighted by atomic mass is 32.2. The fraction of sp³-hybridized carbons (Fsp3) is 0.538.